The molecule has 5 aromatic rings. The summed E-state index contributed by atoms with van der Waals surface area (Å²) in [5.41, 5.74) is 1.29. The van der Waals surface area contributed by atoms with Crippen LogP contribution in [-0.2, 0) is 0 Å². The minimum Gasteiger partial charge on any atom is -0.507 e. The summed E-state index contributed by atoms with van der Waals surface area (Å²) in [5, 5.41) is 21.6. The summed E-state index contributed by atoms with van der Waals surface area (Å²) >= 11 is 0. The van der Waals surface area contributed by atoms with Gasteiger partial charge in [-0.25, -0.2) is 0 Å². The first-order valence-electron chi connectivity index (χ1n) is 10.3. The van der Waals surface area contributed by atoms with Crippen molar-refractivity contribution in [2.45, 2.75) is 0 Å². The Morgan fingerprint density at radius 3 is 2.19 bits per heavy atom. The second-order valence-corrected chi connectivity index (χ2v) is 7.69. The minimum absolute atomic E-state index is 0.117. The van der Waals surface area contributed by atoms with Crippen LogP contribution in [0.25, 0.3) is 32.3 Å². The van der Waals surface area contributed by atoms with Crippen LogP contribution in [-0.4, -0.2) is 24.0 Å². The molecule has 5 heteroatoms. The van der Waals surface area contributed by atoms with E-state index in [9.17, 15) is 14.7 Å². The standard InChI is InChI=1S/C27H20N2O3/c1-28-26(31)20-10-9-18-15-25(30)23(14-21(18)12-20)27(32)29-24-8-4-7-19-11-16-5-2-3-6-17(16)13-22(19)24/h2-15,30H,1H3,(H,28,31)(H,29,32). The number of benzene rings is 5. The molecular weight excluding hydrogens is 400 g/mol. The SMILES string of the molecule is CNC(=O)c1ccc2cc(O)c(C(=O)Nc3cccc4cc5ccccc5cc34)cc2c1. The average Bonchev–Trinajstić information content (AvgIpc) is 2.81. The van der Waals surface area contributed by atoms with Crippen molar-refractivity contribution in [3.63, 3.8) is 0 Å². The second-order valence-electron chi connectivity index (χ2n) is 7.69. The molecule has 0 saturated carbocycles. The predicted octanol–water partition coefficient (Wildman–Crippen LogP) is 5.46. The van der Waals surface area contributed by atoms with Gasteiger partial charge in [-0.05, 0) is 69.4 Å². The fourth-order valence-electron chi connectivity index (χ4n) is 4.02. The van der Waals surface area contributed by atoms with Crippen LogP contribution < -0.4 is 10.6 Å². The Hall–Kier alpha value is -4.38. The molecule has 0 aromatic heterocycles. The van der Waals surface area contributed by atoms with E-state index in [4.69, 9.17) is 0 Å². The normalized spacial score (nSPS) is 11.0. The number of phenolic OH excluding ortho intramolecular Hbond substituents is 1. The zero-order chi connectivity index (χ0) is 22.2. The zero-order valence-electron chi connectivity index (χ0n) is 17.3. The number of hydrogen-bond acceptors (Lipinski definition) is 3. The number of phenols is 1. The van der Waals surface area contributed by atoms with Gasteiger partial charge in [-0.2, -0.15) is 0 Å². The zero-order valence-corrected chi connectivity index (χ0v) is 17.3. The molecule has 0 unspecified atom stereocenters. The quantitative estimate of drug-likeness (QED) is 0.339. The number of fused-ring (bicyclic) bond motifs is 3. The molecule has 5 rings (SSSR count). The van der Waals surface area contributed by atoms with Gasteiger partial charge in [0.2, 0.25) is 0 Å². The van der Waals surface area contributed by atoms with Crippen LogP contribution in [0.5, 0.6) is 5.75 Å². The maximum atomic E-state index is 13.1. The molecule has 0 bridgehead atoms. The Bertz CT molecular complexity index is 1540. The summed E-state index contributed by atoms with van der Waals surface area (Å²) in [4.78, 5) is 25.1. The largest absolute Gasteiger partial charge is 0.507 e. The van der Waals surface area contributed by atoms with Crippen molar-refractivity contribution in [2.24, 2.45) is 0 Å². The Labute approximate surface area is 184 Å². The number of rotatable bonds is 3. The monoisotopic (exact) mass is 420 g/mol. The van der Waals surface area contributed by atoms with E-state index in [0.717, 1.165) is 26.9 Å². The molecule has 0 aliphatic rings. The third-order valence-corrected chi connectivity index (χ3v) is 5.68. The van der Waals surface area contributed by atoms with Gasteiger partial charge in [-0.15, -0.1) is 0 Å². The first-order valence-corrected chi connectivity index (χ1v) is 10.3. The fraction of sp³-hybridized carbons (Fsp3) is 0.0370. The fourth-order valence-corrected chi connectivity index (χ4v) is 4.02. The molecule has 0 aliphatic carbocycles. The van der Waals surface area contributed by atoms with Crippen molar-refractivity contribution in [1.82, 2.24) is 5.32 Å². The van der Waals surface area contributed by atoms with E-state index in [-0.39, 0.29) is 17.2 Å². The molecule has 2 amide bonds. The van der Waals surface area contributed by atoms with Crippen molar-refractivity contribution in [3.05, 3.63) is 96.1 Å². The number of anilines is 1. The van der Waals surface area contributed by atoms with Crippen LogP contribution in [0, 0.1) is 0 Å². The second kappa shape index (κ2) is 7.71. The Kier molecular flexibility index (Phi) is 4.71. The summed E-state index contributed by atoms with van der Waals surface area (Å²) in [6, 6.07) is 26.2. The van der Waals surface area contributed by atoms with Crippen LogP contribution in [0.4, 0.5) is 5.69 Å². The lowest BCUT2D eigenvalue weighted by molar-refractivity contribution is 0.0962. The van der Waals surface area contributed by atoms with Gasteiger partial charge in [0.1, 0.15) is 5.75 Å². The Balaban J connectivity index is 1.55. The van der Waals surface area contributed by atoms with Crippen molar-refractivity contribution >= 4 is 49.8 Å². The van der Waals surface area contributed by atoms with E-state index in [1.807, 2.05) is 36.4 Å². The van der Waals surface area contributed by atoms with Gasteiger partial charge in [0, 0.05) is 23.7 Å². The van der Waals surface area contributed by atoms with Gasteiger partial charge in [0.05, 0.1) is 5.56 Å². The van der Waals surface area contributed by atoms with Gasteiger partial charge >= 0.3 is 0 Å². The van der Waals surface area contributed by atoms with Crippen LogP contribution in [0.1, 0.15) is 20.7 Å². The van der Waals surface area contributed by atoms with E-state index in [2.05, 4.69) is 28.8 Å². The molecule has 0 saturated heterocycles. The molecule has 32 heavy (non-hydrogen) atoms. The lowest BCUT2D eigenvalue weighted by Gasteiger charge is -2.12. The first kappa shape index (κ1) is 19.6. The summed E-state index contributed by atoms with van der Waals surface area (Å²) in [6.07, 6.45) is 0. The maximum absolute atomic E-state index is 13.1. The van der Waals surface area contributed by atoms with Gasteiger partial charge in [-0.3, -0.25) is 9.59 Å². The van der Waals surface area contributed by atoms with Crippen molar-refractivity contribution in [1.29, 1.82) is 0 Å². The number of hydrogen-bond donors (Lipinski definition) is 3. The summed E-state index contributed by atoms with van der Waals surface area (Å²) < 4.78 is 0. The molecule has 0 radical (unpaired) electrons. The number of carbonyl (C=O) groups excluding carboxylic acids is 2. The highest BCUT2D eigenvalue weighted by Crippen LogP contribution is 2.31. The minimum atomic E-state index is -0.421. The summed E-state index contributed by atoms with van der Waals surface area (Å²) in [6.45, 7) is 0. The van der Waals surface area contributed by atoms with Gasteiger partial charge in [0.15, 0.2) is 0 Å². The highest BCUT2D eigenvalue weighted by Gasteiger charge is 2.15. The molecule has 0 atom stereocenters. The first-order chi connectivity index (χ1) is 15.5. The maximum Gasteiger partial charge on any atom is 0.259 e. The van der Waals surface area contributed by atoms with E-state index in [1.54, 1.807) is 31.3 Å². The summed E-state index contributed by atoms with van der Waals surface area (Å²) in [7, 11) is 1.57. The highest BCUT2D eigenvalue weighted by molar-refractivity contribution is 6.13. The molecule has 5 aromatic carbocycles. The van der Waals surface area contributed by atoms with Crippen molar-refractivity contribution in [3.8, 4) is 5.75 Å². The number of aromatic hydroxyl groups is 1. The molecule has 156 valence electrons. The Morgan fingerprint density at radius 2 is 1.41 bits per heavy atom. The van der Waals surface area contributed by atoms with E-state index in [0.29, 0.717) is 16.6 Å². The van der Waals surface area contributed by atoms with E-state index < -0.39 is 5.91 Å². The summed E-state index contributed by atoms with van der Waals surface area (Å²) in [5.74, 6) is -0.752. The number of amides is 2. The van der Waals surface area contributed by atoms with Crippen molar-refractivity contribution < 1.29 is 14.7 Å². The molecular formula is C27H20N2O3. The third-order valence-electron chi connectivity index (χ3n) is 5.68. The number of carbonyl (C=O) groups is 2. The van der Waals surface area contributed by atoms with Gasteiger partial charge < -0.3 is 15.7 Å². The van der Waals surface area contributed by atoms with Crippen LogP contribution in [0.3, 0.4) is 0 Å². The lowest BCUT2D eigenvalue weighted by atomic mass is 10.0. The molecule has 0 fully saturated rings. The topological polar surface area (TPSA) is 78.4 Å². The highest BCUT2D eigenvalue weighted by atomic mass is 16.3. The molecule has 0 aliphatic heterocycles. The molecule has 0 heterocycles. The Morgan fingerprint density at radius 1 is 0.688 bits per heavy atom. The van der Waals surface area contributed by atoms with Crippen LogP contribution in [0.15, 0.2) is 84.9 Å². The van der Waals surface area contributed by atoms with Crippen molar-refractivity contribution in [2.75, 3.05) is 12.4 Å². The molecule has 0 spiro atoms. The third kappa shape index (κ3) is 3.40. The van der Waals surface area contributed by atoms with Gasteiger partial charge in [0.25, 0.3) is 11.8 Å². The van der Waals surface area contributed by atoms with Gasteiger partial charge in [-0.1, -0.05) is 42.5 Å². The number of nitrogens with one attached hydrogen (secondary N) is 2. The van der Waals surface area contributed by atoms with E-state index >= 15 is 0 Å². The average molecular weight is 420 g/mol. The van der Waals surface area contributed by atoms with E-state index in [1.165, 1.54) is 6.07 Å². The predicted molar refractivity (Wildman–Crippen MR) is 128 cm³/mol. The lowest BCUT2D eigenvalue weighted by Crippen LogP contribution is -2.17. The van der Waals surface area contributed by atoms with Crippen LogP contribution >= 0.6 is 0 Å². The molecule has 3 N–H and O–H groups in total. The smallest absolute Gasteiger partial charge is 0.259 e. The molecule has 5 nitrogen and oxygen atoms in total. The van der Waals surface area contributed by atoms with Crippen LogP contribution in [0.2, 0.25) is 0 Å².